The van der Waals surface area contributed by atoms with Gasteiger partial charge in [-0.2, -0.15) is 5.10 Å². The molecule has 0 aliphatic heterocycles. The van der Waals surface area contributed by atoms with Crippen LogP contribution >= 0.6 is 0 Å². The molecule has 9 nitrogen and oxygen atoms in total. The normalized spacial score (nSPS) is 11.2. The molecule has 0 fully saturated rings. The van der Waals surface area contributed by atoms with Crippen molar-refractivity contribution >= 4 is 27.8 Å². The Hall–Kier alpha value is -4.83. The van der Waals surface area contributed by atoms with Gasteiger partial charge < -0.3 is 14.2 Å². The fourth-order valence-corrected chi connectivity index (χ4v) is 5.38. The third-order valence-electron chi connectivity index (χ3n) is 5.88. The van der Waals surface area contributed by atoms with Crippen molar-refractivity contribution in [3.63, 3.8) is 0 Å². The molecular formula is C31H31N3O6S. The van der Waals surface area contributed by atoms with Crippen LogP contribution in [-0.2, 0) is 21.4 Å². The first-order chi connectivity index (χ1) is 19.9. The molecule has 0 atom stereocenters. The first-order valence-electron chi connectivity index (χ1n) is 12.9. The summed E-state index contributed by atoms with van der Waals surface area (Å²) in [6.07, 6.45) is 1.44. The van der Waals surface area contributed by atoms with Gasteiger partial charge in [-0.15, -0.1) is 0 Å². The van der Waals surface area contributed by atoms with E-state index < -0.39 is 22.5 Å². The lowest BCUT2D eigenvalue weighted by Crippen LogP contribution is -2.39. The van der Waals surface area contributed by atoms with Gasteiger partial charge in [0.2, 0.25) is 0 Å². The third kappa shape index (κ3) is 7.64. The lowest BCUT2D eigenvalue weighted by atomic mass is 10.2. The van der Waals surface area contributed by atoms with Gasteiger partial charge in [-0.05, 0) is 60.5 Å². The van der Waals surface area contributed by atoms with E-state index >= 15 is 0 Å². The zero-order valence-electron chi connectivity index (χ0n) is 22.8. The predicted molar refractivity (Wildman–Crippen MR) is 158 cm³/mol. The Bertz CT molecular complexity index is 1580. The lowest BCUT2D eigenvalue weighted by Gasteiger charge is -2.25. The summed E-state index contributed by atoms with van der Waals surface area (Å²) in [6.45, 7) is 1.99. The summed E-state index contributed by atoms with van der Waals surface area (Å²) >= 11 is 0. The molecule has 0 unspecified atom stereocenters. The molecular weight excluding hydrogens is 542 g/mol. The van der Waals surface area contributed by atoms with Crippen molar-refractivity contribution in [2.45, 2.75) is 18.4 Å². The summed E-state index contributed by atoms with van der Waals surface area (Å²) in [5.41, 5.74) is 4.33. The number of anilines is 1. The average Bonchev–Trinajstić information content (AvgIpc) is 3.00. The van der Waals surface area contributed by atoms with Gasteiger partial charge in [-0.1, -0.05) is 60.7 Å². The van der Waals surface area contributed by atoms with Crippen LogP contribution in [0.2, 0.25) is 0 Å². The van der Waals surface area contributed by atoms with Crippen LogP contribution in [0.3, 0.4) is 0 Å². The van der Waals surface area contributed by atoms with Crippen molar-refractivity contribution in [3.05, 3.63) is 114 Å². The largest absolute Gasteiger partial charge is 0.493 e. The minimum Gasteiger partial charge on any atom is -0.493 e. The third-order valence-corrected chi connectivity index (χ3v) is 7.65. The van der Waals surface area contributed by atoms with Gasteiger partial charge in [0.25, 0.3) is 15.9 Å². The van der Waals surface area contributed by atoms with Gasteiger partial charge >= 0.3 is 0 Å². The molecule has 0 aromatic heterocycles. The number of nitrogens with one attached hydrogen (secondary N) is 1. The number of para-hydroxylation sites is 2. The van der Waals surface area contributed by atoms with E-state index in [0.717, 1.165) is 9.87 Å². The van der Waals surface area contributed by atoms with Crippen molar-refractivity contribution in [1.29, 1.82) is 0 Å². The quantitative estimate of drug-likeness (QED) is 0.178. The van der Waals surface area contributed by atoms with Gasteiger partial charge in [0.1, 0.15) is 18.9 Å². The van der Waals surface area contributed by atoms with Crippen LogP contribution in [0.25, 0.3) is 0 Å². The Morgan fingerprint density at radius 1 is 0.854 bits per heavy atom. The number of ether oxygens (including phenoxy) is 3. The number of carbonyl (C=O) groups is 1. The van der Waals surface area contributed by atoms with Crippen molar-refractivity contribution in [2.24, 2.45) is 5.10 Å². The zero-order valence-corrected chi connectivity index (χ0v) is 23.6. The fraction of sp³-hybridized carbons (Fsp3) is 0.161. The molecule has 0 saturated heterocycles. The van der Waals surface area contributed by atoms with Crippen LogP contribution in [0.1, 0.15) is 18.1 Å². The smallest absolute Gasteiger partial charge is 0.264 e. The molecule has 4 aromatic rings. The molecule has 10 heteroatoms. The molecule has 0 heterocycles. The van der Waals surface area contributed by atoms with E-state index in [1.54, 1.807) is 67.6 Å². The fourth-order valence-electron chi connectivity index (χ4n) is 3.92. The van der Waals surface area contributed by atoms with Crippen LogP contribution < -0.4 is 23.9 Å². The molecule has 0 radical (unpaired) electrons. The highest BCUT2D eigenvalue weighted by Crippen LogP contribution is 2.32. The highest BCUT2D eigenvalue weighted by atomic mass is 32.2. The molecule has 41 heavy (non-hydrogen) atoms. The summed E-state index contributed by atoms with van der Waals surface area (Å²) in [5.74, 6) is 0.769. The molecule has 0 spiro atoms. The number of nitrogens with zero attached hydrogens (tertiary/aromatic N) is 2. The number of carbonyl (C=O) groups excluding carboxylic acids is 1. The van der Waals surface area contributed by atoms with Crippen molar-refractivity contribution in [2.75, 3.05) is 24.6 Å². The summed E-state index contributed by atoms with van der Waals surface area (Å²) in [6, 6.07) is 29.6. The molecule has 1 amide bonds. The van der Waals surface area contributed by atoms with Crippen LogP contribution in [-0.4, -0.2) is 40.8 Å². The minimum absolute atomic E-state index is 0.0456. The maximum Gasteiger partial charge on any atom is 0.264 e. The number of hydrazone groups is 1. The first-order valence-corrected chi connectivity index (χ1v) is 14.3. The second-order valence-corrected chi connectivity index (χ2v) is 10.6. The lowest BCUT2D eigenvalue weighted by molar-refractivity contribution is -0.119. The Morgan fingerprint density at radius 2 is 1.54 bits per heavy atom. The number of amides is 1. The summed E-state index contributed by atoms with van der Waals surface area (Å²) < 4.78 is 45.2. The molecule has 0 bridgehead atoms. The van der Waals surface area contributed by atoms with E-state index in [1.807, 2.05) is 30.3 Å². The maximum absolute atomic E-state index is 13.6. The number of hydrogen-bond donors (Lipinski definition) is 1. The van der Waals surface area contributed by atoms with Gasteiger partial charge in [-0.3, -0.25) is 9.10 Å². The summed E-state index contributed by atoms with van der Waals surface area (Å²) in [4.78, 5) is 13.0. The zero-order chi connectivity index (χ0) is 29.1. The minimum atomic E-state index is -4.10. The van der Waals surface area contributed by atoms with Crippen molar-refractivity contribution in [3.8, 4) is 17.2 Å². The number of sulfonamides is 1. The molecule has 212 valence electrons. The standard InChI is InChI=1S/C31H31N3O6S/c1-3-39-28-17-11-10-16-27(28)34(41(36,37)26-14-8-5-9-15-26)22-31(35)33-32-21-25-18-19-29(30(20-25)38-2)40-23-24-12-6-4-7-13-24/h4-21H,3,22-23H2,1-2H3,(H,33,35)/b32-21-. The van der Waals surface area contributed by atoms with Crippen molar-refractivity contribution in [1.82, 2.24) is 5.43 Å². The summed E-state index contributed by atoms with van der Waals surface area (Å²) in [7, 11) is -2.56. The van der Waals surface area contributed by atoms with E-state index in [2.05, 4.69) is 10.5 Å². The molecule has 1 N–H and O–H groups in total. The highest BCUT2D eigenvalue weighted by molar-refractivity contribution is 7.92. The molecule has 4 rings (SSSR count). The van der Waals surface area contributed by atoms with Gasteiger partial charge in [0.05, 0.1) is 30.5 Å². The Morgan fingerprint density at radius 3 is 2.24 bits per heavy atom. The van der Waals surface area contributed by atoms with Crippen LogP contribution in [0.5, 0.6) is 17.2 Å². The van der Waals surface area contributed by atoms with Crippen molar-refractivity contribution < 1.29 is 27.4 Å². The SMILES string of the molecule is CCOc1ccccc1N(CC(=O)N/N=C\c1ccc(OCc2ccccc2)c(OC)c1)S(=O)(=O)c1ccccc1. The van der Waals surface area contributed by atoms with Gasteiger partial charge in [-0.25, -0.2) is 13.8 Å². The second-order valence-electron chi connectivity index (χ2n) is 8.70. The Kier molecular flexibility index (Phi) is 9.95. The summed E-state index contributed by atoms with van der Waals surface area (Å²) in [5, 5.41) is 4.03. The second kappa shape index (κ2) is 14.0. The predicted octanol–water partition coefficient (Wildman–Crippen LogP) is 5.02. The Balaban J connectivity index is 1.48. The van der Waals surface area contributed by atoms with Gasteiger partial charge in [0.15, 0.2) is 11.5 Å². The molecule has 0 aliphatic carbocycles. The topological polar surface area (TPSA) is 107 Å². The highest BCUT2D eigenvalue weighted by Gasteiger charge is 2.29. The molecule has 0 aliphatic rings. The first kappa shape index (κ1) is 29.2. The Labute approximate surface area is 240 Å². The van der Waals surface area contributed by atoms with Crippen LogP contribution in [0.15, 0.2) is 113 Å². The molecule has 4 aromatic carbocycles. The number of benzene rings is 4. The molecule has 0 saturated carbocycles. The number of rotatable bonds is 13. The number of methoxy groups -OCH3 is 1. The monoisotopic (exact) mass is 573 g/mol. The van der Waals surface area contributed by atoms with E-state index in [4.69, 9.17) is 14.2 Å². The van der Waals surface area contributed by atoms with E-state index in [-0.39, 0.29) is 10.6 Å². The average molecular weight is 574 g/mol. The van der Waals surface area contributed by atoms with E-state index in [1.165, 1.54) is 25.5 Å². The number of hydrogen-bond acceptors (Lipinski definition) is 7. The van der Waals surface area contributed by atoms with E-state index in [0.29, 0.717) is 36.0 Å². The maximum atomic E-state index is 13.6. The van der Waals surface area contributed by atoms with Crippen LogP contribution in [0.4, 0.5) is 5.69 Å². The van der Waals surface area contributed by atoms with Gasteiger partial charge in [0, 0.05) is 0 Å². The van der Waals surface area contributed by atoms with Crippen LogP contribution in [0, 0.1) is 0 Å². The van der Waals surface area contributed by atoms with E-state index in [9.17, 15) is 13.2 Å².